The third-order valence-electron chi connectivity index (χ3n) is 0.194. The Balaban J connectivity index is 5.30. The highest BCUT2D eigenvalue weighted by molar-refractivity contribution is 8.73. The van der Waals surface area contributed by atoms with Crippen LogP contribution in [0.4, 0.5) is 0 Å². The van der Waals surface area contributed by atoms with E-state index in [0.29, 0.717) is 0 Å². The lowest BCUT2D eigenvalue weighted by Crippen LogP contribution is -1.36. The van der Waals surface area contributed by atoms with E-state index in [1.165, 1.54) is 17.8 Å². The molecule has 0 saturated carbocycles. The summed E-state index contributed by atoms with van der Waals surface area (Å²) in [5.74, 6) is 0. The Bertz CT molecular complexity index is 335. The molecule has 0 aromatic carbocycles. The minimum atomic E-state index is 1.35. The average Bonchev–Trinajstić information content (AvgIpc) is 1.97. The smallest absolute Gasteiger partial charge is 0 e. The van der Waals surface area contributed by atoms with E-state index >= 15 is 0 Å². The van der Waals surface area contributed by atoms with Gasteiger partial charge in [-0.2, -0.15) is 0 Å². The first-order chi connectivity index (χ1) is 4.91. The van der Waals surface area contributed by atoms with Gasteiger partial charge in [-0.05, 0) is 0 Å². The van der Waals surface area contributed by atoms with Crippen LogP contribution in [-0.4, -0.2) is 0 Å². The highest BCUT2D eigenvalue weighted by Gasteiger charge is 1.36. The summed E-state index contributed by atoms with van der Waals surface area (Å²) in [4.78, 5) is 0. The zero-order chi connectivity index (χ0) is 7.66. The summed E-state index contributed by atoms with van der Waals surface area (Å²) in [5.41, 5.74) is 0. The third kappa shape index (κ3) is 10.2. The SMILES string of the molecule is S=S=S=S=S=S=S=S=S=S. The lowest BCUT2D eigenvalue weighted by atomic mass is 30.7. The first-order valence-electron chi connectivity index (χ1n) is 1.50. The summed E-state index contributed by atoms with van der Waals surface area (Å²) < 4.78 is 0. The van der Waals surface area contributed by atoms with Crippen molar-refractivity contribution in [3.05, 3.63) is 0 Å². The molecule has 0 spiro atoms. The molecule has 0 unspecified atom stereocenters. The maximum Gasteiger partial charge on any atom is 0 e. The van der Waals surface area contributed by atoms with Gasteiger partial charge in [0.25, 0.3) is 0 Å². The summed E-state index contributed by atoms with van der Waals surface area (Å²) in [6.45, 7) is 0. The fraction of sp³-hybridized carbons (Fsp3) is 0. The Kier molecular flexibility index (Phi) is 13.7. The molecule has 0 aromatic heterocycles. The molecule has 0 aliphatic rings. The minimum absolute atomic E-state index is 1.35. The van der Waals surface area contributed by atoms with Crippen LogP contribution in [0, 0.1) is 0 Å². The lowest BCUT2D eigenvalue weighted by molar-refractivity contribution is 6.01. The van der Waals surface area contributed by atoms with Crippen LogP contribution in [0.15, 0.2) is 0 Å². The van der Waals surface area contributed by atoms with Gasteiger partial charge in [0.1, 0.15) is 0 Å². The molecular formula is S10. The molecule has 0 heterocycles. The third-order valence-corrected chi connectivity index (χ3v) is 15.7. The molecule has 0 rings (SSSR count). The molecule has 0 bridgehead atoms. The maximum atomic E-state index is 4.66. The van der Waals surface area contributed by atoms with Crippen LogP contribution in [0.3, 0.4) is 0 Å². The maximum absolute atomic E-state index is 4.66. The number of rotatable bonds is 0. The van der Waals surface area contributed by atoms with E-state index in [1.54, 1.807) is 53.3 Å². The van der Waals surface area contributed by atoms with Crippen molar-refractivity contribution in [1.82, 2.24) is 0 Å². The van der Waals surface area contributed by atoms with Crippen LogP contribution in [0.5, 0.6) is 0 Å². The molecule has 0 N–H and O–H groups in total. The van der Waals surface area contributed by atoms with Gasteiger partial charge in [0.05, 0.1) is 0 Å². The number of hydrogen-bond acceptors (Lipinski definition) is 2. The molecule has 60 valence electrons. The van der Waals surface area contributed by atoms with E-state index in [-0.39, 0.29) is 0 Å². The Morgan fingerprint density at radius 1 is 0.500 bits per heavy atom. The fourth-order valence-corrected chi connectivity index (χ4v) is 16.5. The molecule has 0 aliphatic carbocycles. The zero-order valence-corrected chi connectivity index (χ0v) is 12.2. The van der Waals surface area contributed by atoms with Gasteiger partial charge in [-0.25, -0.2) is 0 Å². The Hall–Kier alpha value is 2.20. The molecule has 0 amide bonds. The molecule has 0 saturated heterocycles. The van der Waals surface area contributed by atoms with Gasteiger partial charge < -0.3 is 0 Å². The van der Waals surface area contributed by atoms with Gasteiger partial charge in [0.2, 0.25) is 0 Å². The van der Waals surface area contributed by atoms with Crippen LogP contribution in [0.2, 0.25) is 0 Å². The molecule has 0 aromatic rings. The van der Waals surface area contributed by atoms with Gasteiger partial charge in [-0.15, -0.1) is 0 Å². The van der Waals surface area contributed by atoms with Crippen LogP contribution in [0.1, 0.15) is 0 Å². The largest absolute Gasteiger partial charge is 0 e. The lowest BCUT2D eigenvalue weighted by Gasteiger charge is -1.36. The predicted molar refractivity (Wildman–Crippen MR) is 73.7 cm³/mol. The highest BCUT2D eigenvalue weighted by atomic mass is 33.4. The van der Waals surface area contributed by atoms with Crippen LogP contribution in [0.25, 0.3) is 0 Å². The number of hydrogen-bond donors (Lipinski definition) is 0. The Morgan fingerprint density at radius 3 is 1.10 bits per heavy atom. The second-order valence-corrected chi connectivity index (χ2v) is 14.7. The van der Waals surface area contributed by atoms with Gasteiger partial charge in [0.15, 0.2) is 0 Å². The van der Waals surface area contributed by atoms with E-state index < -0.39 is 0 Å². The summed E-state index contributed by atoms with van der Waals surface area (Å²) in [6.07, 6.45) is 0. The molecule has 0 aliphatic heterocycles. The molecule has 0 nitrogen and oxygen atoms in total. The monoisotopic (exact) mass is 320 g/mol. The zero-order valence-electron chi connectivity index (χ0n) is 4.08. The van der Waals surface area contributed by atoms with E-state index in [2.05, 4.69) is 22.4 Å². The predicted octanol–water partition coefficient (Wildman–Crippen LogP) is -0.0240. The van der Waals surface area contributed by atoms with E-state index in [9.17, 15) is 0 Å². The van der Waals surface area contributed by atoms with Crippen LogP contribution < -0.4 is 0 Å². The van der Waals surface area contributed by atoms with Crippen molar-refractivity contribution >= 4 is 93.4 Å². The van der Waals surface area contributed by atoms with Crippen molar-refractivity contribution in [3.63, 3.8) is 0 Å². The molecule has 10 heavy (non-hydrogen) atoms. The van der Waals surface area contributed by atoms with Crippen molar-refractivity contribution in [1.29, 1.82) is 0 Å². The standard InChI is InChI=1S/S10/c1-3-5-7-9-10-8-6-4-2. The Labute approximate surface area is 91.8 Å². The molecule has 0 fully saturated rings. The molecule has 10 heteroatoms. The normalized spacial score (nSPS) is 6.80. The summed E-state index contributed by atoms with van der Waals surface area (Å²) in [7, 11) is 12.7. The minimum Gasteiger partial charge on any atom is 0 e. The quantitative estimate of drug-likeness (QED) is 0.615. The van der Waals surface area contributed by atoms with Crippen molar-refractivity contribution in [2.24, 2.45) is 0 Å². The van der Waals surface area contributed by atoms with Crippen molar-refractivity contribution in [3.8, 4) is 0 Å². The molecular weight excluding hydrogens is 321 g/mol. The average molecular weight is 321 g/mol. The van der Waals surface area contributed by atoms with E-state index in [4.69, 9.17) is 0 Å². The first-order valence-corrected chi connectivity index (χ1v) is 13.5. The van der Waals surface area contributed by atoms with Crippen LogP contribution in [-0.2, 0) is 93.4 Å². The van der Waals surface area contributed by atoms with E-state index in [0.717, 1.165) is 0 Å². The Morgan fingerprint density at radius 2 is 0.800 bits per heavy atom. The van der Waals surface area contributed by atoms with E-state index in [1.807, 2.05) is 0 Å². The fourth-order valence-electron chi connectivity index (χ4n) is 0.0680. The van der Waals surface area contributed by atoms with Gasteiger partial charge in [-0.3, -0.25) is 0 Å². The topological polar surface area (TPSA) is 0 Å². The van der Waals surface area contributed by atoms with Gasteiger partial charge in [0, 0.05) is 93.4 Å². The van der Waals surface area contributed by atoms with Gasteiger partial charge >= 0.3 is 0 Å². The van der Waals surface area contributed by atoms with Crippen LogP contribution >= 0.6 is 0 Å². The van der Waals surface area contributed by atoms with Gasteiger partial charge in [-0.1, -0.05) is 0 Å². The molecule has 0 radical (unpaired) electrons. The van der Waals surface area contributed by atoms with Crippen molar-refractivity contribution < 1.29 is 0 Å². The molecule has 0 atom stereocenters. The van der Waals surface area contributed by atoms with Crippen molar-refractivity contribution in [2.45, 2.75) is 0 Å². The van der Waals surface area contributed by atoms with Crippen molar-refractivity contribution in [2.75, 3.05) is 0 Å². The first kappa shape index (κ1) is 12.2. The summed E-state index contributed by atoms with van der Waals surface area (Å²) >= 11 is 9.31. The summed E-state index contributed by atoms with van der Waals surface area (Å²) in [5, 5.41) is 0. The second kappa shape index (κ2) is 11.2. The highest BCUT2D eigenvalue weighted by Crippen LogP contribution is 1.36. The summed E-state index contributed by atoms with van der Waals surface area (Å²) in [6, 6.07) is 0. The second-order valence-electron chi connectivity index (χ2n) is 0.544.